The molecule has 2 unspecified atom stereocenters. The molecule has 0 bridgehead atoms. The van der Waals surface area contributed by atoms with E-state index in [0.717, 1.165) is 18.8 Å². The molecule has 1 saturated carbocycles. The molecule has 2 fully saturated rings. The van der Waals surface area contributed by atoms with Crippen LogP contribution in [0.3, 0.4) is 0 Å². The fourth-order valence-corrected chi connectivity index (χ4v) is 3.02. The van der Waals surface area contributed by atoms with Gasteiger partial charge in [0.15, 0.2) is 0 Å². The summed E-state index contributed by atoms with van der Waals surface area (Å²) in [5, 5.41) is 2.80. The van der Waals surface area contributed by atoms with Crippen molar-refractivity contribution in [3.63, 3.8) is 0 Å². The van der Waals surface area contributed by atoms with Crippen LogP contribution in [0.5, 0.6) is 0 Å². The highest BCUT2D eigenvalue weighted by Crippen LogP contribution is 2.41. The van der Waals surface area contributed by atoms with Crippen LogP contribution in [0.25, 0.3) is 0 Å². The summed E-state index contributed by atoms with van der Waals surface area (Å²) in [4.78, 5) is 11.2. The molecule has 1 spiro atoms. The molecule has 1 aliphatic heterocycles. The standard InChI is InChI=1S/C13H23NO2/c1-12(2,3)10-5-4-7-13(8-6-10)9-14-11(15)16-13/h10H,4-9H2,1-3H3,(H,14,15). The van der Waals surface area contributed by atoms with E-state index in [4.69, 9.17) is 4.74 Å². The average Bonchev–Trinajstić information content (AvgIpc) is 2.42. The third-order valence-electron chi connectivity index (χ3n) is 4.22. The van der Waals surface area contributed by atoms with Crippen molar-refractivity contribution in [2.24, 2.45) is 11.3 Å². The first-order valence-corrected chi connectivity index (χ1v) is 6.38. The number of hydrogen-bond acceptors (Lipinski definition) is 2. The van der Waals surface area contributed by atoms with Crippen LogP contribution >= 0.6 is 0 Å². The maximum Gasteiger partial charge on any atom is 0.407 e. The Morgan fingerprint density at radius 3 is 2.62 bits per heavy atom. The molecule has 2 rings (SSSR count). The van der Waals surface area contributed by atoms with Crippen molar-refractivity contribution in [2.75, 3.05) is 6.54 Å². The number of rotatable bonds is 0. The van der Waals surface area contributed by atoms with Crippen LogP contribution in [0.15, 0.2) is 0 Å². The molecule has 2 aliphatic rings. The summed E-state index contributed by atoms with van der Waals surface area (Å²) < 4.78 is 5.48. The molecule has 1 heterocycles. The fraction of sp³-hybridized carbons (Fsp3) is 0.923. The van der Waals surface area contributed by atoms with Gasteiger partial charge in [-0.3, -0.25) is 0 Å². The average molecular weight is 225 g/mol. The Bertz CT molecular complexity index is 282. The maximum atomic E-state index is 11.2. The number of nitrogens with one attached hydrogen (secondary N) is 1. The first kappa shape index (κ1) is 11.7. The zero-order valence-electron chi connectivity index (χ0n) is 10.6. The van der Waals surface area contributed by atoms with Crippen molar-refractivity contribution >= 4 is 6.09 Å². The molecular formula is C13H23NO2. The largest absolute Gasteiger partial charge is 0.441 e. The molecule has 1 N–H and O–H groups in total. The van der Waals surface area contributed by atoms with Crippen LogP contribution < -0.4 is 5.32 Å². The monoisotopic (exact) mass is 225 g/mol. The van der Waals surface area contributed by atoms with Crippen LogP contribution in [-0.4, -0.2) is 18.2 Å². The Morgan fingerprint density at radius 2 is 2.06 bits per heavy atom. The highest BCUT2D eigenvalue weighted by molar-refractivity contribution is 5.70. The molecule has 0 aromatic carbocycles. The second-order valence-electron chi connectivity index (χ2n) is 6.42. The van der Waals surface area contributed by atoms with Gasteiger partial charge in [-0.25, -0.2) is 4.79 Å². The second-order valence-corrected chi connectivity index (χ2v) is 6.42. The van der Waals surface area contributed by atoms with E-state index in [1.807, 2.05) is 0 Å². The summed E-state index contributed by atoms with van der Waals surface area (Å²) in [5.74, 6) is 0.756. The summed E-state index contributed by atoms with van der Waals surface area (Å²) in [5.41, 5.74) is 0.193. The predicted molar refractivity (Wildman–Crippen MR) is 63.2 cm³/mol. The molecule has 1 saturated heterocycles. The number of ether oxygens (including phenoxy) is 1. The number of amides is 1. The van der Waals surface area contributed by atoms with Gasteiger partial charge in [0.1, 0.15) is 5.60 Å². The lowest BCUT2D eigenvalue weighted by molar-refractivity contribution is 0.0418. The van der Waals surface area contributed by atoms with Crippen molar-refractivity contribution < 1.29 is 9.53 Å². The number of hydrogen-bond donors (Lipinski definition) is 1. The summed E-state index contributed by atoms with van der Waals surface area (Å²) in [7, 11) is 0. The molecule has 3 heteroatoms. The van der Waals surface area contributed by atoms with Crippen molar-refractivity contribution in [3.05, 3.63) is 0 Å². The number of alkyl carbamates (subject to hydrolysis) is 1. The molecule has 92 valence electrons. The van der Waals surface area contributed by atoms with E-state index in [1.165, 1.54) is 19.3 Å². The van der Waals surface area contributed by atoms with Crippen molar-refractivity contribution in [2.45, 2.75) is 58.5 Å². The minimum absolute atomic E-state index is 0.183. The van der Waals surface area contributed by atoms with Crippen LogP contribution in [0.4, 0.5) is 4.79 Å². The van der Waals surface area contributed by atoms with Gasteiger partial charge in [-0.15, -0.1) is 0 Å². The van der Waals surface area contributed by atoms with Gasteiger partial charge in [-0.1, -0.05) is 20.8 Å². The zero-order chi connectivity index (χ0) is 11.8. The van der Waals surface area contributed by atoms with Crippen molar-refractivity contribution in [1.29, 1.82) is 0 Å². The molecule has 1 aliphatic carbocycles. The fourth-order valence-electron chi connectivity index (χ4n) is 3.02. The third kappa shape index (κ3) is 2.33. The molecule has 0 aromatic rings. The Hall–Kier alpha value is -0.730. The van der Waals surface area contributed by atoms with Gasteiger partial charge >= 0.3 is 6.09 Å². The van der Waals surface area contributed by atoms with E-state index in [0.29, 0.717) is 12.0 Å². The van der Waals surface area contributed by atoms with E-state index in [2.05, 4.69) is 26.1 Å². The number of carbonyl (C=O) groups excluding carboxylic acids is 1. The summed E-state index contributed by atoms with van der Waals surface area (Å²) in [6.07, 6.45) is 5.44. The summed E-state index contributed by atoms with van der Waals surface area (Å²) in [6, 6.07) is 0. The minimum atomic E-state index is -0.228. The minimum Gasteiger partial charge on any atom is -0.441 e. The lowest BCUT2D eigenvalue weighted by Crippen LogP contribution is -2.32. The van der Waals surface area contributed by atoms with Crippen LogP contribution in [-0.2, 0) is 4.74 Å². The second kappa shape index (κ2) is 3.94. The van der Waals surface area contributed by atoms with E-state index >= 15 is 0 Å². The van der Waals surface area contributed by atoms with Crippen molar-refractivity contribution in [3.8, 4) is 0 Å². The third-order valence-corrected chi connectivity index (χ3v) is 4.22. The normalized spacial score (nSPS) is 35.7. The highest BCUT2D eigenvalue weighted by atomic mass is 16.6. The van der Waals surface area contributed by atoms with E-state index in [1.54, 1.807) is 0 Å². The van der Waals surface area contributed by atoms with Gasteiger partial charge in [0.25, 0.3) is 0 Å². The Morgan fingerprint density at radius 1 is 1.31 bits per heavy atom. The van der Waals surface area contributed by atoms with Gasteiger partial charge in [-0.05, 0) is 43.4 Å². The van der Waals surface area contributed by atoms with E-state index < -0.39 is 0 Å². The molecule has 1 amide bonds. The molecule has 16 heavy (non-hydrogen) atoms. The van der Waals surface area contributed by atoms with Gasteiger partial charge in [0.2, 0.25) is 0 Å². The quantitative estimate of drug-likeness (QED) is 0.688. The van der Waals surface area contributed by atoms with E-state index in [-0.39, 0.29) is 11.7 Å². The van der Waals surface area contributed by atoms with Gasteiger partial charge in [-0.2, -0.15) is 0 Å². The number of carbonyl (C=O) groups is 1. The van der Waals surface area contributed by atoms with Gasteiger partial charge < -0.3 is 10.1 Å². The molecule has 0 radical (unpaired) electrons. The van der Waals surface area contributed by atoms with Crippen LogP contribution in [0.1, 0.15) is 52.9 Å². The zero-order valence-corrected chi connectivity index (χ0v) is 10.6. The molecule has 2 atom stereocenters. The lowest BCUT2D eigenvalue weighted by Gasteiger charge is -2.30. The van der Waals surface area contributed by atoms with Crippen molar-refractivity contribution in [1.82, 2.24) is 5.32 Å². The maximum absolute atomic E-state index is 11.2. The molecular weight excluding hydrogens is 202 g/mol. The van der Waals surface area contributed by atoms with E-state index in [9.17, 15) is 4.79 Å². The van der Waals surface area contributed by atoms with Crippen LogP contribution in [0, 0.1) is 11.3 Å². The highest BCUT2D eigenvalue weighted by Gasteiger charge is 2.42. The Balaban J connectivity index is 2.01. The summed E-state index contributed by atoms with van der Waals surface area (Å²) >= 11 is 0. The Kier molecular flexibility index (Phi) is 2.89. The lowest BCUT2D eigenvalue weighted by atomic mass is 9.76. The first-order chi connectivity index (χ1) is 7.41. The predicted octanol–water partition coefficient (Wildman–Crippen LogP) is 3.09. The van der Waals surface area contributed by atoms with Gasteiger partial charge in [0.05, 0.1) is 6.54 Å². The van der Waals surface area contributed by atoms with Gasteiger partial charge in [0, 0.05) is 0 Å². The van der Waals surface area contributed by atoms with Crippen LogP contribution in [0.2, 0.25) is 0 Å². The Labute approximate surface area is 97.9 Å². The molecule has 3 nitrogen and oxygen atoms in total. The topological polar surface area (TPSA) is 38.3 Å². The smallest absolute Gasteiger partial charge is 0.407 e. The molecule has 0 aromatic heterocycles. The SMILES string of the molecule is CC(C)(C)C1CCCC2(CC1)CNC(=O)O2. The summed E-state index contributed by atoms with van der Waals surface area (Å²) in [6.45, 7) is 7.65. The first-order valence-electron chi connectivity index (χ1n) is 6.38.